The number of ether oxygens (including phenoxy) is 1. The number of aryl methyl sites for hydroxylation is 1. The molecule has 1 saturated heterocycles. The van der Waals surface area contributed by atoms with Crippen molar-refractivity contribution in [2.24, 2.45) is 0 Å². The Morgan fingerprint density at radius 2 is 2.30 bits per heavy atom. The monoisotopic (exact) mass is 315 g/mol. The van der Waals surface area contributed by atoms with Gasteiger partial charge in [-0.25, -0.2) is 9.78 Å². The molecule has 0 radical (unpaired) electrons. The zero-order valence-corrected chi connectivity index (χ0v) is 13.4. The summed E-state index contributed by atoms with van der Waals surface area (Å²) in [6.45, 7) is 5.72. The number of nitrogens with zero attached hydrogens (tertiary/aromatic N) is 2. The van der Waals surface area contributed by atoms with E-state index in [1.165, 1.54) is 0 Å². The Bertz CT molecular complexity index is 683. The van der Waals surface area contributed by atoms with Crippen LogP contribution in [0.25, 0.3) is 0 Å². The molecule has 1 aliphatic heterocycles. The number of rotatable bonds is 6. The molecule has 1 N–H and O–H groups in total. The number of hydrogen-bond acceptors (Lipinski definition) is 5. The van der Waals surface area contributed by atoms with Gasteiger partial charge in [-0.2, -0.15) is 0 Å². The van der Waals surface area contributed by atoms with E-state index in [0.29, 0.717) is 25.6 Å². The molecule has 1 fully saturated rings. The van der Waals surface area contributed by atoms with Crippen molar-refractivity contribution >= 4 is 11.8 Å². The highest BCUT2D eigenvalue weighted by atomic mass is 16.6. The highest BCUT2D eigenvalue weighted by molar-refractivity contribution is 5.89. The van der Waals surface area contributed by atoms with Gasteiger partial charge in [0.1, 0.15) is 12.4 Å². The van der Waals surface area contributed by atoms with Crippen LogP contribution in [-0.2, 0) is 17.7 Å². The quantitative estimate of drug-likeness (QED) is 0.887. The van der Waals surface area contributed by atoms with Crippen LogP contribution in [-0.4, -0.2) is 24.2 Å². The predicted octanol–water partition coefficient (Wildman–Crippen LogP) is 3.04. The number of oxazole rings is 1. The van der Waals surface area contributed by atoms with E-state index in [0.717, 1.165) is 23.4 Å². The van der Waals surface area contributed by atoms with Crippen LogP contribution >= 0.6 is 0 Å². The highest BCUT2D eigenvalue weighted by Crippen LogP contribution is 2.23. The van der Waals surface area contributed by atoms with E-state index in [4.69, 9.17) is 9.15 Å². The lowest BCUT2D eigenvalue weighted by Gasteiger charge is -2.17. The van der Waals surface area contributed by atoms with Crippen molar-refractivity contribution in [1.29, 1.82) is 0 Å². The van der Waals surface area contributed by atoms with Crippen LogP contribution in [0.3, 0.4) is 0 Å². The molecule has 2 heterocycles. The first-order valence-electron chi connectivity index (χ1n) is 7.88. The maximum Gasteiger partial charge on any atom is 0.414 e. The molecule has 1 aliphatic rings. The van der Waals surface area contributed by atoms with E-state index >= 15 is 0 Å². The fourth-order valence-electron chi connectivity index (χ4n) is 2.54. The van der Waals surface area contributed by atoms with Crippen LogP contribution in [0.1, 0.15) is 37.1 Å². The van der Waals surface area contributed by atoms with Crippen molar-refractivity contribution < 1.29 is 13.9 Å². The number of benzene rings is 1. The average Bonchev–Trinajstić information content (AvgIpc) is 3.21. The van der Waals surface area contributed by atoms with Gasteiger partial charge in [-0.1, -0.05) is 19.1 Å². The topological polar surface area (TPSA) is 67.6 Å². The van der Waals surface area contributed by atoms with E-state index in [9.17, 15) is 4.79 Å². The maximum absolute atomic E-state index is 11.7. The summed E-state index contributed by atoms with van der Waals surface area (Å²) in [5.74, 6) is 1.58. The van der Waals surface area contributed by atoms with Crippen LogP contribution in [0.4, 0.5) is 10.5 Å². The fourth-order valence-corrected chi connectivity index (χ4v) is 2.54. The Hall–Kier alpha value is -2.34. The van der Waals surface area contributed by atoms with E-state index in [1.807, 2.05) is 31.2 Å². The predicted molar refractivity (Wildman–Crippen MR) is 86.3 cm³/mol. The first-order valence-corrected chi connectivity index (χ1v) is 7.88. The second-order valence-electron chi connectivity index (χ2n) is 5.54. The van der Waals surface area contributed by atoms with Crippen LogP contribution in [0.15, 0.2) is 34.9 Å². The summed E-state index contributed by atoms with van der Waals surface area (Å²) >= 11 is 0. The van der Waals surface area contributed by atoms with Crippen LogP contribution < -0.4 is 10.2 Å². The van der Waals surface area contributed by atoms with Gasteiger partial charge in [-0.15, -0.1) is 0 Å². The van der Waals surface area contributed by atoms with Gasteiger partial charge in [-0.05, 0) is 24.6 Å². The number of nitrogens with one attached hydrogen (secondary N) is 1. The van der Waals surface area contributed by atoms with Crippen molar-refractivity contribution in [1.82, 2.24) is 10.3 Å². The Kier molecular flexibility index (Phi) is 4.62. The molecule has 3 rings (SSSR count). The van der Waals surface area contributed by atoms with Gasteiger partial charge in [0.05, 0.1) is 19.3 Å². The van der Waals surface area contributed by atoms with Crippen LogP contribution in [0.5, 0.6) is 0 Å². The molecule has 0 unspecified atom stereocenters. The number of carbonyl (C=O) groups is 1. The average molecular weight is 315 g/mol. The molecule has 1 amide bonds. The zero-order chi connectivity index (χ0) is 16.2. The van der Waals surface area contributed by atoms with Crippen molar-refractivity contribution in [3.05, 3.63) is 47.7 Å². The fraction of sp³-hybridized carbons (Fsp3) is 0.412. The number of carbonyl (C=O) groups excluding carboxylic acids is 1. The highest BCUT2D eigenvalue weighted by Gasteiger charge is 2.23. The third-order valence-electron chi connectivity index (χ3n) is 3.95. The van der Waals surface area contributed by atoms with Gasteiger partial charge in [-0.3, -0.25) is 4.90 Å². The summed E-state index contributed by atoms with van der Waals surface area (Å²) in [6, 6.07) is 8.04. The van der Waals surface area contributed by atoms with Crippen molar-refractivity contribution in [2.45, 2.75) is 32.9 Å². The molecule has 122 valence electrons. The number of amides is 1. The Morgan fingerprint density at radius 1 is 1.43 bits per heavy atom. The third-order valence-corrected chi connectivity index (χ3v) is 3.95. The molecule has 2 aromatic rings. The van der Waals surface area contributed by atoms with Crippen molar-refractivity contribution in [3.8, 4) is 0 Å². The molecular weight excluding hydrogens is 294 g/mol. The van der Waals surface area contributed by atoms with Gasteiger partial charge < -0.3 is 14.5 Å². The minimum Gasteiger partial charge on any atom is -0.447 e. The largest absolute Gasteiger partial charge is 0.447 e. The zero-order valence-electron chi connectivity index (χ0n) is 13.4. The normalized spacial score (nSPS) is 15.7. The summed E-state index contributed by atoms with van der Waals surface area (Å²) in [6.07, 6.45) is 2.33. The smallest absolute Gasteiger partial charge is 0.414 e. The van der Waals surface area contributed by atoms with Gasteiger partial charge in [0.2, 0.25) is 5.89 Å². The standard InChI is InChI=1S/C17H21N3O3/c1-3-15-10-19-16(23-15)11-18-12(2)13-5-4-6-14(9-13)20-7-8-22-17(20)21/h4-6,9-10,12,18H,3,7-8,11H2,1-2H3/t12-/m0/s1. The molecule has 0 aliphatic carbocycles. The summed E-state index contributed by atoms with van der Waals surface area (Å²) in [4.78, 5) is 17.6. The molecule has 6 nitrogen and oxygen atoms in total. The SMILES string of the molecule is CCc1cnc(CN[C@@H](C)c2cccc(N3CCOC3=O)c2)o1. The second kappa shape index (κ2) is 6.83. The first-order chi connectivity index (χ1) is 11.2. The Labute approximate surface area is 135 Å². The van der Waals surface area contributed by atoms with Gasteiger partial charge >= 0.3 is 6.09 Å². The molecule has 23 heavy (non-hydrogen) atoms. The summed E-state index contributed by atoms with van der Waals surface area (Å²) < 4.78 is 10.6. The molecule has 0 saturated carbocycles. The summed E-state index contributed by atoms with van der Waals surface area (Å²) in [5, 5.41) is 3.39. The van der Waals surface area contributed by atoms with Crippen molar-refractivity contribution in [3.63, 3.8) is 0 Å². The number of anilines is 1. The van der Waals surface area contributed by atoms with E-state index in [1.54, 1.807) is 11.1 Å². The van der Waals surface area contributed by atoms with E-state index in [2.05, 4.69) is 17.2 Å². The van der Waals surface area contributed by atoms with Gasteiger partial charge in [0.25, 0.3) is 0 Å². The Morgan fingerprint density at radius 3 is 3.00 bits per heavy atom. The summed E-state index contributed by atoms with van der Waals surface area (Å²) in [7, 11) is 0. The molecule has 6 heteroatoms. The Balaban J connectivity index is 1.65. The van der Waals surface area contributed by atoms with Gasteiger partial charge in [0.15, 0.2) is 0 Å². The number of aromatic nitrogens is 1. The van der Waals surface area contributed by atoms with Crippen molar-refractivity contribution in [2.75, 3.05) is 18.1 Å². The van der Waals surface area contributed by atoms with Crippen LogP contribution in [0, 0.1) is 0 Å². The van der Waals surface area contributed by atoms with E-state index < -0.39 is 0 Å². The third kappa shape index (κ3) is 3.53. The molecule has 0 bridgehead atoms. The van der Waals surface area contributed by atoms with E-state index in [-0.39, 0.29) is 12.1 Å². The lowest BCUT2D eigenvalue weighted by atomic mass is 10.1. The minimum absolute atomic E-state index is 0.116. The molecule has 1 aromatic heterocycles. The first kappa shape index (κ1) is 15.6. The molecule has 1 atom stereocenters. The van der Waals surface area contributed by atoms with Crippen LogP contribution in [0.2, 0.25) is 0 Å². The second-order valence-corrected chi connectivity index (χ2v) is 5.54. The minimum atomic E-state index is -0.283. The molecule has 1 aromatic carbocycles. The molecule has 0 spiro atoms. The lowest BCUT2D eigenvalue weighted by molar-refractivity contribution is 0.181. The number of hydrogen-bond donors (Lipinski definition) is 1. The molecular formula is C17H21N3O3. The van der Waals surface area contributed by atoms with Gasteiger partial charge in [0, 0.05) is 18.2 Å². The maximum atomic E-state index is 11.7. The summed E-state index contributed by atoms with van der Waals surface area (Å²) in [5.41, 5.74) is 1.97. The number of cyclic esters (lactones) is 1. The lowest BCUT2D eigenvalue weighted by Crippen LogP contribution is -2.24.